The lowest BCUT2D eigenvalue weighted by Crippen LogP contribution is -2.44. The molecule has 2 aliphatic rings. The minimum absolute atomic E-state index is 0.0131. The van der Waals surface area contributed by atoms with Crippen LogP contribution in [0.3, 0.4) is 0 Å². The third-order valence-electron chi connectivity index (χ3n) is 8.29. The summed E-state index contributed by atoms with van der Waals surface area (Å²) in [4.78, 5) is 20.3. The smallest absolute Gasteiger partial charge is 0.305 e. The predicted octanol–water partition coefficient (Wildman–Crippen LogP) is 5.77. The van der Waals surface area contributed by atoms with Crippen LogP contribution < -0.4 is 19.3 Å². The molecular weight excluding hydrogens is 518 g/mol. The Hall–Kier alpha value is -2.71. The summed E-state index contributed by atoms with van der Waals surface area (Å²) in [6.45, 7) is 11.7. The van der Waals surface area contributed by atoms with Crippen LogP contribution in [-0.4, -0.2) is 67.7 Å². The Balaban J connectivity index is 1.39. The topological polar surface area (TPSA) is 84.4 Å². The lowest BCUT2D eigenvalue weighted by molar-refractivity contribution is -0.137. The van der Waals surface area contributed by atoms with Crippen molar-refractivity contribution in [3.8, 4) is 11.6 Å². The Labute approximate surface area is 237 Å². The summed E-state index contributed by atoms with van der Waals surface area (Å²) in [6, 6.07) is 9.84. The summed E-state index contributed by atoms with van der Waals surface area (Å²) in [7, 11) is 1.60. The van der Waals surface area contributed by atoms with Crippen molar-refractivity contribution < 1.29 is 24.1 Å². The maximum atomic E-state index is 11.7. The summed E-state index contributed by atoms with van der Waals surface area (Å²) >= 11 is 6.43. The summed E-state index contributed by atoms with van der Waals surface area (Å²) in [5.74, 6) is 1.48. The standard InChI is InChI=1S/C30H42ClN3O5/c1-6-19(2)18-38-28-17-34(25(21(28)4)14-30(35)36)22-7-9-23(10-8-22)39-27-11-12-33(16-20(27)3)26-13-29(37-5)32-15-24(26)31/h7-10,13,15,19-21,25,27-28H,6,11-12,14,16-18H2,1-5H3,(H,35,36)/t19?,20?,21-,25-,27?,28-/m0/s1. The highest BCUT2D eigenvalue weighted by Crippen LogP contribution is 2.36. The number of halogens is 1. The van der Waals surface area contributed by atoms with E-state index < -0.39 is 5.97 Å². The Bertz CT molecular complexity index is 1100. The molecule has 6 atom stereocenters. The van der Waals surface area contributed by atoms with Crippen LogP contribution in [0.15, 0.2) is 36.5 Å². The summed E-state index contributed by atoms with van der Waals surface area (Å²) in [6.07, 6.45) is 3.75. The van der Waals surface area contributed by atoms with Crippen molar-refractivity contribution in [2.75, 3.05) is 43.2 Å². The SMILES string of the molecule is CCC(C)CO[C@H]1CN(c2ccc(OC3CCN(c4cc(OC)ncc4Cl)CC3C)cc2)[C@@H](CC(=O)O)[C@@H]1C. The largest absolute Gasteiger partial charge is 0.490 e. The molecule has 0 radical (unpaired) electrons. The molecule has 2 saturated heterocycles. The van der Waals surface area contributed by atoms with Crippen molar-refractivity contribution in [1.29, 1.82) is 0 Å². The maximum Gasteiger partial charge on any atom is 0.305 e. The first-order chi connectivity index (χ1) is 18.7. The molecular formula is C30H42ClN3O5. The number of hydrogen-bond donors (Lipinski definition) is 1. The van der Waals surface area contributed by atoms with E-state index in [1.165, 1.54) is 0 Å². The molecule has 1 N–H and O–H groups in total. The summed E-state index contributed by atoms with van der Waals surface area (Å²) < 4.78 is 17.9. The number of carboxylic acids is 1. The van der Waals surface area contributed by atoms with E-state index in [9.17, 15) is 9.90 Å². The highest BCUT2D eigenvalue weighted by atomic mass is 35.5. The van der Waals surface area contributed by atoms with E-state index in [0.717, 1.165) is 43.1 Å². The molecule has 0 aliphatic carbocycles. The van der Waals surface area contributed by atoms with E-state index >= 15 is 0 Å². The van der Waals surface area contributed by atoms with Gasteiger partial charge in [0.2, 0.25) is 5.88 Å². The van der Waals surface area contributed by atoms with Gasteiger partial charge < -0.3 is 29.1 Å². The molecule has 0 spiro atoms. The van der Waals surface area contributed by atoms with Gasteiger partial charge in [-0.25, -0.2) is 4.98 Å². The van der Waals surface area contributed by atoms with E-state index in [1.807, 2.05) is 30.3 Å². The van der Waals surface area contributed by atoms with Crippen molar-refractivity contribution in [1.82, 2.24) is 4.98 Å². The third-order valence-corrected chi connectivity index (χ3v) is 8.58. The quantitative estimate of drug-likeness (QED) is 0.371. The van der Waals surface area contributed by atoms with Crippen LogP contribution in [0.1, 0.15) is 47.0 Å². The second-order valence-corrected chi connectivity index (χ2v) is 11.5. The van der Waals surface area contributed by atoms with Gasteiger partial charge in [-0.05, 0) is 30.2 Å². The lowest BCUT2D eigenvalue weighted by Gasteiger charge is -2.38. The van der Waals surface area contributed by atoms with Crippen molar-refractivity contribution in [2.24, 2.45) is 17.8 Å². The van der Waals surface area contributed by atoms with Gasteiger partial charge >= 0.3 is 5.97 Å². The lowest BCUT2D eigenvalue weighted by atomic mass is 9.96. The molecule has 214 valence electrons. The van der Waals surface area contributed by atoms with Crippen LogP contribution in [0.4, 0.5) is 11.4 Å². The third kappa shape index (κ3) is 7.09. The Morgan fingerprint density at radius 3 is 2.59 bits per heavy atom. The number of ether oxygens (including phenoxy) is 3. The fourth-order valence-corrected chi connectivity index (χ4v) is 5.80. The first-order valence-electron chi connectivity index (χ1n) is 14.0. The number of anilines is 2. The van der Waals surface area contributed by atoms with Gasteiger partial charge in [0.1, 0.15) is 11.9 Å². The van der Waals surface area contributed by atoms with E-state index in [-0.39, 0.29) is 36.5 Å². The van der Waals surface area contributed by atoms with Gasteiger partial charge in [-0.3, -0.25) is 4.79 Å². The molecule has 8 nitrogen and oxygen atoms in total. The van der Waals surface area contributed by atoms with Gasteiger partial charge in [0.25, 0.3) is 0 Å². The average Bonchev–Trinajstić information content (AvgIpc) is 3.23. The highest BCUT2D eigenvalue weighted by Gasteiger charge is 2.41. The first-order valence-corrected chi connectivity index (χ1v) is 14.4. The molecule has 3 heterocycles. The number of methoxy groups -OCH3 is 1. The second-order valence-electron chi connectivity index (χ2n) is 11.1. The van der Waals surface area contributed by atoms with Crippen molar-refractivity contribution in [2.45, 2.75) is 65.2 Å². The predicted molar refractivity (Wildman–Crippen MR) is 154 cm³/mol. The number of carboxylic acid groups (broad SMARTS) is 1. The number of nitrogens with zero attached hydrogens (tertiary/aromatic N) is 3. The molecule has 1 aromatic heterocycles. The van der Waals surface area contributed by atoms with Crippen LogP contribution >= 0.6 is 11.6 Å². The minimum Gasteiger partial charge on any atom is -0.490 e. The number of aromatic nitrogens is 1. The van der Waals surface area contributed by atoms with E-state index in [0.29, 0.717) is 30.0 Å². The molecule has 0 bridgehead atoms. The van der Waals surface area contributed by atoms with E-state index in [2.05, 4.69) is 42.5 Å². The summed E-state index contributed by atoms with van der Waals surface area (Å²) in [5, 5.41) is 10.2. The number of aliphatic carboxylic acids is 1. The van der Waals surface area contributed by atoms with Crippen LogP contribution in [-0.2, 0) is 9.53 Å². The molecule has 4 rings (SSSR count). The molecule has 3 unspecified atom stereocenters. The number of pyridine rings is 1. The van der Waals surface area contributed by atoms with Crippen molar-refractivity contribution >= 4 is 28.9 Å². The van der Waals surface area contributed by atoms with E-state index in [1.54, 1.807) is 13.3 Å². The Morgan fingerprint density at radius 1 is 1.21 bits per heavy atom. The van der Waals surface area contributed by atoms with Gasteiger partial charge in [-0.1, -0.05) is 45.7 Å². The van der Waals surface area contributed by atoms with Gasteiger partial charge in [-0.15, -0.1) is 0 Å². The second kappa shape index (κ2) is 13.1. The molecule has 39 heavy (non-hydrogen) atoms. The Morgan fingerprint density at radius 2 is 1.95 bits per heavy atom. The molecule has 2 aliphatic heterocycles. The summed E-state index contributed by atoms with van der Waals surface area (Å²) in [5.41, 5.74) is 1.93. The Kier molecular flexibility index (Phi) is 9.83. The van der Waals surface area contributed by atoms with Crippen molar-refractivity contribution in [3.63, 3.8) is 0 Å². The van der Waals surface area contributed by atoms with Gasteiger partial charge in [0.05, 0.1) is 36.5 Å². The van der Waals surface area contributed by atoms with Gasteiger partial charge in [0.15, 0.2) is 0 Å². The van der Waals surface area contributed by atoms with Crippen LogP contribution in [0.25, 0.3) is 0 Å². The normalized spacial score (nSPS) is 25.9. The van der Waals surface area contributed by atoms with Crippen LogP contribution in [0, 0.1) is 17.8 Å². The molecule has 2 aromatic rings. The number of piperidine rings is 1. The fourth-order valence-electron chi connectivity index (χ4n) is 5.58. The number of rotatable bonds is 11. The van der Waals surface area contributed by atoms with Crippen molar-refractivity contribution in [3.05, 3.63) is 41.6 Å². The molecule has 0 amide bonds. The van der Waals surface area contributed by atoms with E-state index in [4.69, 9.17) is 25.8 Å². The monoisotopic (exact) mass is 559 g/mol. The molecule has 1 aromatic carbocycles. The molecule has 0 saturated carbocycles. The zero-order valence-electron chi connectivity index (χ0n) is 23.7. The highest BCUT2D eigenvalue weighted by molar-refractivity contribution is 6.33. The van der Waals surface area contributed by atoms with Crippen LogP contribution in [0.5, 0.6) is 11.6 Å². The number of hydrogen-bond acceptors (Lipinski definition) is 7. The zero-order chi connectivity index (χ0) is 28.1. The average molecular weight is 560 g/mol. The molecule has 2 fully saturated rings. The number of carbonyl (C=O) groups is 1. The van der Waals surface area contributed by atoms with Gasteiger partial charge in [-0.2, -0.15) is 0 Å². The van der Waals surface area contributed by atoms with Crippen LogP contribution in [0.2, 0.25) is 5.02 Å². The maximum absolute atomic E-state index is 11.7. The first kappa shape index (κ1) is 29.3. The van der Waals surface area contributed by atoms with Gasteiger partial charge in [0, 0.05) is 62.3 Å². The molecule has 9 heteroatoms. The minimum atomic E-state index is -0.786. The number of benzene rings is 1. The zero-order valence-corrected chi connectivity index (χ0v) is 24.4. The fraction of sp³-hybridized carbons (Fsp3) is 0.600.